The van der Waals surface area contributed by atoms with Crippen molar-refractivity contribution in [2.75, 3.05) is 38.6 Å². The molecule has 4 nitrogen and oxygen atoms in total. The first-order valence-electron chi connectivity index (χ1n) is 6.40. The van der Waals surface area contributed by atoms with Crippen LogP contribution in [-0.4, -0.2) is 49.7 Å². The van der Waals surface area contributed by atoms with E-state index in [0.29, 0.717) is 16.0 Å². The Kier molecular flexibility index (Phi) is 4.47. The fraction of sp³-hybridized carbons (Fsp3) is 0.500. The summed E-state index contributed by atoms with van der Waals surface area (Å²) in [7, 11) is 4.09. The zero-order valence-electron chi connectivity index (χ0n) is 11.3. The number of likely N-dealkylation sites (tertiary alicyclic amines) is 1. The van der Waals surface area contributed by atoms with Crippen LogP contribution in [0.3, 0.4) is 0 Å². The number of carboxylic acids is 1. The monoisotopic (exact) mass is 326 g/mol. The van der Waals surface area contributed by atoms with E-state index < -0.39 is 5.97 Å². The third kappa shape index (κ3) is 3.28. The normalized spacial score (nSPS) is 19.6. The maximum atomic E-state index is 11.4. The molecule has 1 saturated heterocycles. The highest BCUT2D eigenvalue weighted by atomic mass is 79.9. The molecule has 1 aliphatic rings. The largest absolute Gasteiger partial charge is 0.478 e. The van der Waals surface area contributed by atoms with Gasteiger partial charge in [-0.15, -0.1) is 0 Å². The second-order valence-corrected chi connectivity index (χ2v) is 6.09. The predicted octanol–water partition coefficient (Wildman–Crippen LogP) is 2.54. The molecule has 1 N–H and O–H groups in total. The van der Waals surface area contributed by atoms with Crippen LogP contribution in [0.15, 0.2) is 22.7 Å². The van der Waals surface area contributed by atoms with Gasteiger partial charge in [0.25, 0.3) is 0 Å². The molecule has 0 radical (unpaired) electrons. The van der Waals surface area contributed by atoms with Crippen LogP contribution in [0, 0.1) is 5.92 Å². The lowest BCUT2D eigenvalue weighted by molar-refractivity contribution is 0.0696. The maximum Gasteiger partial charge on any atom is 0.338 e. The van der Waals surface area contributed by atoms with Gasteiger partial charge < -0.3 is 14.9 Å². The Morgan fingerprint density at radius 3 is 2.89 bits per heavy atom. The van der Waals surface area contributed by atoms with Crippen molar-refractivity contribution < 1.29 is 9.90 Å². The second-order valence-electron chi connectivity index (χ2n) is 5.24. The van der Waals surface area contributed by atoms with Gasteiger partial charge >= 0.3 is 5.97 Å². The van der Waals surface area contributed by atoms with Gasteiger partial charge in [0.15, 0.2) is 0 Å². The summed E-state index contributed by atoms with van der Waals surface area (Å²) in [5, 5.41) is 9.33. The fourth-order valence-corrected chi connectivity index (χ4v) is 3.23. The van der Waals surface area contributed by atoms with Crippen LogP contribution in [0.1, 0.15) is 16.8 Å². The van der Waals surface area contributed by atoms with E-state index in [-0.39, 0.29) is 0 Å². The molecule has 1 fully saturated rings. The summed E-state index contributed by atoms with van der Waals surface area (Å²) in [4.78, 5) is 15.7. The molecule has 0 aromatic heterocycles. The van der Waals surface area contributed by atoms with Gasteiger partial charge in [0.1, 0.15) is 0 Å². The number of carbonyl (C=O) groups is 1. The van der Waals surface area contributed by atoms with E-state index in [1.54, 1.807) is 6.07 Å². The molecular formula is C14H19BrN2O2. The Hall–Kier alpha value is -1.07. The molecule has 1 unspecified atom stereocenters. The lowest BCUT2D eigenvalue weighted by Gasteiger charge is -2.25. The molecule has 0 saturated carbocycles. The number of aromatic carboxylic acids is 1. The van der Waals surface area contributed by atoms with Gasteiger partial charge in [0.05, 0.1) is 11.3 Å². The summed E-state index contributed by atoms with van der Waals surface area (Å²) < 4.78 is 0.632. The Balaban J connectivity index is 2.17. The molecule has 0 bridgehead atoms. The highest BCUT2D eigenvalue weighted by Crippen LogP contribution is 2.28. The number of nitrogens with zero attached hydrogens (tertiary/aromatic N) is 2. The Bertz CT molecular complexity index is 479. The third-order valence-corrected chi connectivity index (χ3v) is 4.30. The molecular weight excluding hydrogens is 308 g/mol. The average molecular weight is 327 g/mol. The minimum atomic E-state index is -0.891. The molecule has 0 spiro atoms. The summed E-state index contributed by atoms with van der Waals surface area (Å²) in [6.07, 6.45) is 1.18. The minimum Gasteiger partial charge on any atom is -0.478 e. The van der Waals surface area contributed by atoms with Gasteiger partial charge in [-0.3, -0.25) is 0 Å². The SMILES string of the molecule is CN1CCC(CN(C)c2cccc(Br)c2C(=O)O)C1. The third-order valence-electron chi connectivity index (χ3n) is 3.64. The second kappa shape index (κ2) is 5.92. The topological polar surface area (TPSA) is 43.8 Å². The molecule has 1 heterocycles. The smallest absolute Gasteiger partial charge is 0.338 e. The van der Waals surface area contributed by atoms with Gasteiger partial charge in [-0.1, -0.05) is 6.07 Å². The minimum absolute atomic E-state index is 0.344. The number of anilines is 1. The number of rotatable bonds is 4. The van der Waals surface area contributed by atoms with Crippen LogP contribution in [0.25, 0.3) is 0 Å². The first-order chi connectivity index (χ1) is 8.99. The van der Waals surface area contributed by atoms with Crippen molar-refractivity contribution in [2.24, 2.45) is 5.92 Å². The number of carboxylic acid groups (broad SMARTS) is 1. The van der Waals surface area contributed by atoms with E-state index in [1.807, 2.05) is 19.2 Å². The number of hydrogen-bond donors (Lipinski definition) is 1. The van der Waals surface area contributed by atoms with E-state index in [4.69, 9.17) is 0 Å². The molecule has 1 aromatic rings. The highest BCUT2D eigenvalue weighted by Gasteiger charge is 2.23. The standard InChI is InChI=1S/C14H19BrN2O2/c1-16-7-6-10(8-16)9-17(2)12-5-3-4-11(15)13(12)14(18)19/h3-5,10H,6-9H2,1-2H3,(H,18,19). The summed E-state index contributed by atoms with van der Waals surface area (Å²) >= 11 is 3.32. The molecule has 19 heavy (non-hydrogen) atoms. The van der Waals surface area contributed by atoms with Crippen LogP contribution >= 0.6 is 15.9 Å². The van der Waals surface area contributed by atoms with Crippen molar-refractivity contribution in [2.45, 2.75) is 6.42 Å². The molecule has 1 aliphatic heterocycles. The van der Waals surface area contributed by atoms with Crippen LogP contribution in [-0.2, 0) is 0 Å². The van der Waals surface area contributed by atoms with E-state index in [1.165, 1.54) is 6.42 Å². The molecule has 5 heteroatoms. The quantitative estimate of drug-likeness (QED) is 0.923. The fourth-order valence-electron chi connectivity index (χ4n) is 2.70. The van der Waals surface area contributed by atoms with E-state index in [9.17, 15) is 9.90 Å². The van der Waals surface area contributed by atoms with Gasteiger partial charge in [-0.25, -0.2) is 4.79 Å². The van der Waals surface area contributed by atoms with Gasteiger partial charge in [0.2, 0.25) is 0 Å². The van der Waals surface area contributed by atoms with E-state index in [2.05, 4.69) is 32.8 Å². The van der Waals surface area contributed by atoms with Crippen LogP contribution in [0.2, 0.25) is 0 Å². The Morgan fingerprint density at radius 1 is 1.58 bits per heavy atom. The Morgan fingerprint density at radius 2 is 2.32 bits per heavy atom. The number of hydrogen-bond acceptors (Lipinski definition) is 3. The van der Waals surface area contributed by atoms with E-state index >= 15 is 0 Å². The van der Waals surface area contributed by atoms with Crippen LogP contribution in [0.4, 0.5) is 5.69 Å². The van der Waals surface area contributed by atoms with E-state index in [0.717, 1.165) is 25.3 Å². The van der Waals surface area contributed by atoms with Crippen LogP contribution in [0.5, 0.6) is 0 Å². The van der Waals surface area contributed by atoms with Gasteiger partial charge in [0, 0.05) is 24.6 Å². The van der Waals surface area contributed by atoms with Crippen molar-refractivity contribution in [3.63, 3.8) is 0 Å². The summed E-state index contributed by atoms with van der Waals surface area (Å²) in [6.45, 7) is 3.10. The first kappa shape index (κ1) is 14.3. The molecule has 1 aromatic carbocycles. The van der Waals surface area contributed by atoms with Crippen molar-refractivity contribution in [1.82, 2.24) is 4.90 Å². The lowest BCUT2D eigenvalue weighted by atomic mass is 10.1. The Labute approximate surface area is 122 Å². The molecule has 2 rings (SSSR count). The van der Waals surface area contributed by atoms with Crippen molar-refractivity contribution >= 4 is 27.6 Å². The lowest BCUT2D eigenvalue weighted by Crippen LogP contribution is -2.28. The van der Waals surface area contributed by atoms with Crippen LogP contribution < -0.4 is 4.90 Å². The zero-order valence-corrected chi connectivity index (χ0v) is 12.9. The zero-order chi connectivity index (χ0) is 14.0. The molecule has 0 amide bonds. The molecule has 104 valence electrons. The van der Waals surface area contributed by atoms with Crippen molar-refractivity contribution in [1.29, 1.82) is 0 Å². The van der Waals surface area contributed by atoms with Gasteiger partial charge in [-0.05, 0) is 54.0 Å². The van der Waals surface area contributed by atoms with Gasteiger partial charge in [-0.2, -0.15) is 0 Å². The average Bonchev–Trinajstić information content (AvgIpc) is 2.73. The highest BCUT2D eigenvalue weighted by molar-refractivity contribution is 9.10. The summed E-state index contributed by atoms with van der Waals surface area (Å²) in [6, 6.07) is 5.51. The first-order valence-corrected chi connectivity index (χ1v) is 7.20. The molecule has 0 aliphatic carbocycles. The number of benzene rings is 1. The van der Waals surface area contributed by atoms with Crippen molar-refractivity contribution in [3.05, 3.63) is 28.2 Å². The number of halogens is 1. The summed E-state index contributed by atoms with van der Waals surface area (Å²) in [5.74, 6) is -0.284. The molecule has 1 atom stereocenters. The summed E-state index contributed by atoms with van der Waals surface area (Å²) in [5.41, 5.74) is 1.12. The maximum absolute atomic E-state index is 11.4. The van der Waals surface area contributed by atoms with Crippen molar-refractivity contribution in [3.8, 4) is 0 Å². The predicted molar refractivity (Wildman–Crippen MR) is 80.0 cm³/mol.